The summed E-state index contributed by atoms with van der Waals surface area (Å²) in [6, 6.07) is 0. The largest absolute Gasteiger partial charge is 0.306 e. The third-order valence-corrected chi connectivity index (χ3v) is 0.533. The van der Waals surface area contributed by atoms with E-state index in [2.05, 4.69) is 9.85 Å². The summed E-state index contributed by atoms with van der Waals surface area (Å²) >= 11 is 1.88. The SMILES string of the molecule is NC(N)C#CI. The van der Waals surface area contributed by atoms with Gasteiger partial charge in [-0.05, 0) is 3.93 Å². The first-order chi connectivity index (χ1) is 2.77. The lowest BCUT2D eigenvalue weighted by atomic mass is 10.6. The molecule has 0 aromatic carbocycles. The van der Waals surface area contributed by atoms with E-state index in [0.29, 0.717) is 0 Å². The number of hydrogen-bond donors (Lipinski definition) is 2. The Morgan fingerprint density at radius 1 is 1.50 bits per heavy atom. The summed E-state index contributed by atoms with van der Waals surface area (Å²) in [7, 11) is 0. The molecule has 0 aliphatic carbocycles. The van der Waals surface area contributed by atoms with Crippen molar-refractivity contribution >= 4 is 22.6 Å². The van der Waals surface area contributed by atoms with E-state index in [0.717, 1.165) is 0 Å². The fourth-order valence-electron chi connectivity index (χ4n) is 0.0630. The van der Waals surface area contributed by atoms with Gasteiger partial charge < -0.3 is 11.5 Å². The lowest BCUT2D eigenvalue weighted by Gasteiger charge is -1.84. The van der Waals surface area contributed by atoms with Gasteiger partial charge >= 0.3 is 0 Å². The van der Waals surface area contributed by atoms with E-state index in [1.165, 1.54) is 0 Å². The van der Waals surface area contributed by atoms with Gasteiger partial charge in [-0.15, -0.1) is 0 Å². The fraction of sp³-hybridized carbons (Fsp3) is 0.333. The van der Waals surface area contributed by atoms with Gasteiger partial charge in [-0.1, -0.05) is 5.92 Å². The minimum absolute atomic E-state index is 0.470. The highest BCUT2D eigenvalue weighted by Gasteiger charge is 1.75. The van der Waals surface area contributed by atoms with Crippen LogP contribution in [0.5, 0.6) is 0 Å². The maximum Gasteiger partial charge on any atom is 0.117 e. The van der Waals surface area contributed by atoms with Gasteiger partial charge in [0.25, 0.3) is 0 Å². The Labute approximate surface area is 50.4 Å². The molecule has 0 aliphatic rings. The quantitative estimate of drug-likeness (QED) is 0.315. The molecule has 2 nitrogen and oxygen atoms in total. The van der Waals surface area contributed by atoms with E-state index < -0.39 is 6.17 Å². The van der Waals surface area contributed by atoms with Crippen LogP contribution in [0.15, 0.2) is 0 Å². The molecule has 6 heavy (non-hydrogen) atoms. The van der Waals surface area contributed by atoms with E-state index in [-0.39, 0.29) is 0 Å². The summed E-state index contributed by atoms with van der Waals surface area (Å²) in [4.78, 5) is 0. The third-order valence-electron chi connectivity index (χ3n) is 0.221. The zero-order valence-corrected chi connectivity index (χ0v) is 5.27. The molecule has 0 unspecified atom stereocenters. The van der Waals surface area contributed by atoms with Gasteiger partial charge in [0.2, 0.25) is 0 Å². The Morgan fingerprint density at radius 3 is 2.00 bits per heavy atom. The van der Waals surface area contributed by atoms with Gasteiger partial charge in [0.05, 0.1) is 0 Å². The van der Waals surface area contributed by atoms with E-state index in [4.69, 9.17) is 11.5 Å². The highest BCUT2D eigenvalue weighted by Crippen LogP contribution is 1.68. The van der Waals surface area contributed by atoms with Gasteiger partial charge in [-0.25, -0.2) is 0 Å². The molecule has 0 aliphatic heterocycles. The van der Waals surface area contributed by atoms with Crippen molar-refractivity contribution in [2.24, 2.45) is 11.5 Å². The van der Waals surface area contributed by atoms with Crippen molar-refractivity contribution in [3.05, 3.63) is 0 Å². The normalized spacial score (nSPS) is 7.33. The van der Waals surface area contributed by atoms with Crippen LogP contribution in [-0.4, -0.2) is 6.17 Å². The number of hydrogen-bond acceptors (Lipinski definition) is 2. The summed E-state index contributed by atoms with van der Waals surface area (Å²) in [5.74, 6) is 2.50. The summed E-state index contributed by atoms with van der Waals surface area (Å²) < 4.78 is 2.54. The predicted molar refractivity (Wildman–Crippen MR) is 34.0 cm³/mol. The van der Waals surface area contributed by atoms with Gasteiger partial charge in [0, 0.05) is 22.6 Å². The van der Waals surface area contributed by atoms with Gasteiger partial charge in [0.1, 0.15) is 6.17 Å². The Morgan fingerprint density at radius 2 is 2.00 bits per heavy atom. The second-order valence-electron chi connectivity index (χ2n) is 0.765. The van der Waals surface area contributed by atoms with Crippen molar-refractivity contribution in [2.45, 2.75) is 6.17 Å². The number of nitrogens with two attached hydrogens (primary N) is 2. The van der Waals surface area contributed by atoms with Crippen molar-refractivity contribution in [1.82, 2.24) is 0 Å². The smallest absolute Gasteiger partial charge is 0.117 e. The van der Waals surface area contributed by atoms with Crippen LogP contribution >= 0.6 is 22.6 Å². The first-order valence-corrected chi connectivity index (χ1v) is 2.47. The van der Waals surface area contributed by atoms with E-state index >= 15 is 0 Å². The van der Waals surface area contributed by atoms with Gasteiger partial charge in [-0.3, -0.25) is 0 Å². The minimum Gasteiger partial charge on any atom is -0.306 e. The Balaban J connectivity index is 3.20. The molecule has 0 spiro atoms. The third kappa shape index (κ3) is 4.21. The molecule has 0 aromatic heterocycles. The molecule has 0 atom stereocenters. The molecule has 0 amide bonds. The van der Waals surface area contributed by atoms with Crippen LogP contribution in [-0.2, 0) is 0 Å². The average Bonchev–Trinajstić information content (AvgIpc) is 1.35. The van der Waals surface area contributed by atoms with Crippen LogP contribution in [0.4, 0.5) is 0 Å². The molecule has 0 bridgehead atoms. The second kappa shape index (κ2) is 3.40. The molecule has 4 N–H and O–H groups in total. The highest BCUT2D eigenvalue weighted by atomic mass is 127. The monoisotopic (exact) mass is 196 g/mol. The lowest BCUT2D eigenvalue weighted by Crippen LogP contribution is -2.27. The van der Waals surface area contributed by atoms with Crippen molar-refractivity contribution in [3.63, 3.8) is 0 Å². The molecule has 0 heterocycles. The minimum atomic E-state index is -0.470. The van der Waals surface area contributed by atoms with Crippen molar-refractivity contribution in [1.29, 1.82) is 0 Å². The number of rotatable bonds is 0. The first kappa shape index (κ1) is 6.21. The molecule has 34 valence electrons. The van der Waals surface area contributed by atoms with Crippen LogP contribution in [0.3, 0.4) is 0 Å². The van der Waals surface area contributed by atoms with E-state index in [9.17, 15) is 0 Å². The van der Waals surface area contributed by atoms with E-state index in [1.54, 1.807) is 0 Å². The molecular weight excluding hydrogens is 191 g/mol. The molecule has 0 saturated heterocycles. The van der Waals surface area contributed by atoms with Crippen LogP contribution in [0.2, 0.25) is 0 Å². The molecule has 0 fully saturated rings. The topological polar surface area (TPSA) is 52.0 Å². The average molecular weight is 196 g/mol. The lowest BCUT2D eigenvalue weighted by molar-refractivity contribution is 0.908. The molecule has 0 rings (SSSR count). The van der Waals surface area contributed by atoms with Crippen LogP contribution in [0.25, 0.3) is 0 Å². The highest BCUT2D eigenvalue weighted by molar-refractivity contribution is 14.1. The summed E-state index contributed by atoms with van der Waals surface area (Å²) in [5, 5.41) is 0. The van der Waals surface area contributed by atoms with Crippen LogP contribution in [0.1, 0.15) is 0 Å². The molecule has 0 saturated carbocycles. The molecular formula is C3H5IN2. The van der Waals surface area contributed by atoms with Crippen molar-refractivity contribution in [2.75, 3.05) is 0 Å². The Bertz CT molecular complexity index is 78.5. The maximum atomic E-state index is 5.00. The summed E-state index contributed by atoms with van der Waals surface area (Å²) in [6.45, 7) is 0. The van der Waals surface area contributed by atoms with Gasteiger partial charge in [-0.2, -0.15) is 0 Å². The van der Waals surface area contributed by atoms with Gasteiger partial charge in [0.15, 0.2) is 0 Å². The molecule has 3 heteroatoms. The van der Waals surface area contributed by atoms with Crippen LogP contribution in [0, 0.1) is 9.85 Å². The maximum absolute atomic E-state index is 5.00. The Hall–Kier alpha value is 0.210. The molecule has 0 aromatic rings. The summed E-state index contributed by atoms with van der Waals surface area (Å²) in [6.07, 6.45) is -0.470. The molecule has 0 radical (unpaired) electrons. The summed E-state index contributed by atoms with van der Waals surface area (Å²) in [5.41, 5.74) is 10.0. The fourth-order valence-corrected chi connectivity index (χ4v) is 0.423. The predicted octanol–water partition coefficient (Wildman–Crippen LogP) is -0.374. The standard InChI is InChI=1S/C3H5IN2/c4-2-1-3(5)6/h3H,5-6H2. The van der Waals surface area contributed by atoms with Crippen LogP contribution < -0.4 is 11.5 Å². The first-order valence-electron chi connectivity index (χ1n) is 1.39. The van der Waals surface area contributed by atoms with E-state index in [1.807, 2.05) is 22.6 Å². The van der Waals surface area contributed by atoms with Crippen molar-refractivity contribution in [3.8, 4) is 9.85 Å². The number of halogens is 1. The zero-order chi connectivity index (χ0) is 4.99. The second-order valence-corrected chi connectivity index (χ2v) is 1.30. The Kier molecular flexibility index (Phi) is 3.52. The van der Waals surface area contributed by atoms with Crippen molar-refractivity contribution < 1.29 is 0 Å². The zero-order valence-electron chi connectivity index (χ0n) is 3.11.